The maximum absolute atomic E-state index is 13.4. The number of para-hydroxylation sites is 2. The van der Waals surface area contributed by atoms with Crippen LogP contribution in [-0.4, -0.2) is 34.5 Å². The Morgan fingerprint density at radius 3 is 2.50 bits per heavy atom. The molecular formula is C23H28N2O4S. The van der Waals surface area contributed by atoms with Crippen LogP contribution in [0.1, 0.15) is 31.2 Å². The first-order valence-corrected chi connectivity index (χ1v) is 11.5. The second kappa shape index (κ2) is 9.80. The summed E-state index contributed by atoms with van der Waals surface area (Å²) < 4.78 is 33.3. The van der Waals surface area contributed by atoms with Crippen molar-refractivity contribution in [2.45, 2.75) is 37.5 Å². The molecule has 0 saturated carbocycles. The molecule has 0 aromatic heterocycles. The summed E-state index contributed by atoms with van der Waals surface area (Å²) in [6.07, 6.45) is 6.45. The van der Waals surface area contributed by atoms with Gasteiger partial charge in [0.2, 0.25) is 5.91 Å². The molecule has 30 heavy (non-hydrogen) atoms. The normalized spacial score (nSPS) is 14.0. The molecule has 3 rings (SSSR count). The molecule has 0 radical (unpaired) electrons. The number of hydrogen-bond acceptors (Lipinski definition) is 4. The van der Waals surface area contributed by atoms with Crippen molar-refractivity contribution in [3.05, 3.63) is 65.7 Å². The first-order chi connectivity index (χ1) is 14.4. The van der Waals surface area contributed by atoms with Gasteiger partial charge in [-0.05, 0) is 56.9 Å². The van der Waals surface area contributed by atoms with Gasteiger partial charge in [0.05, 0.1) is 17.7 Å². The van der Waals surface area contributed by atoms with E-state index in [0.29, 0.717) is 18.0 Å². The number of nitrogens with zero attached hydrogens (tertiary/aromatic N) is 1. The Labute approximate surface area is 178 Å². The molecule has 160 valence electrons. The maximum Gasteiger partial charge on any atom is 0.264 e. The molecule has 1 aliphatic carbocycles. The van der Waals surface area contributed by atoms with Gasteiger partial charge in [0.15, 0.2) is 0 Å². The molecule has 0 bridgehead atoms. The first-order valence-electron chi connectivity index (χ1n) is 10.1. The monoisotopic (exact) mass is 428 g/mol. The van der Waals surface area contributed by atoms with E-state index in [0.717, 1.165) is 29.1 Å². The van der Waals surface area contributed by atoms with Gasteiger partial charge in [-0.15, -0.1) is 0 Å². The fourth-order valence-electron chi connectivity index (χ4n) is 3.44. The summed E-state index contributed by atoms with van der Waals surface area (Å²) >= 11 is 0. The lowest BCUT2D eigenvalue weighted by atomic mass is 10.00. The third-order valence-corrected chi connectivity index (χ3v) is 6.92. The number of allylic oxidation sites excluding steroid dienone is 1. The number of nitrogens with one attached hydrogen (secondary N) is 1. The van der Waals surface area contributed by atoms with Crippen LogP contribution in [0, 0.1) is 6.92 Å². The Kier molecular flexibility index (Phi) is 7.15. The van der Waals surface area contributed by atoms with E-state index in [1.807, 2.05) is 6.92 Å². The van der Waals surface area contributed by atoms with Crippen molar-refractivity contribution < 1.29 is 17.9 Å². The van der Waals surface area contributed by atoms with E-state index in [1.54, 1.807) is 48.5 Å². The van der Waals surface area contributed by atoms with E-state index in [2.05, 4.69) is 11.4 Å². The number of anilines is 1. The summed E-state index contributed by atoms with van der Waals surface area (Å²) in [5.74, 6) is 0.0269. The van der Waals surface area contributed by atoms with Gasteiger partial charge in [-0.2, -0.15) is 0 Å². The summed E-state index contributed by atoms with van der Waals surface area (Å²) in [7, 11) is -2.49. The lowest BCUT2D eigenvalue weighted by molar-refractivity contribution is -0.119. The van der Waals surface area contributed by atoms with Crippen molar-refractivity contribution in [1.82, 2.24) is 5.32 Å². The number of amides is 1. The Bertz CT molecular complexity index is 1010. The van der Waals surface area contributed by atoms with Crippen LogP contribution in [0.5, 0.6) is 5.75 Å². The maximum atomic E-state index is 13.4. The van der Waals surface area contributed by atoms with Crippen molar-refractivity contribution >= 4 is 21.6 Å². The SMILES string of the molecule is COc1ccccc1N(CC(=O)NCC1=CCCCC1)S(=O)(=O)c1ccc(C)cc1. The van der Waals surface area contributed by atoms with Crippen LogP contribution >= 0.6 is 0 Å². The summed E-state index contributed by atoms with van der Waals surface area (Å²) in [5.41, 5.74) is 2.48. The average molecular weight is 429 g/mol. The molecule has 0 atom stereocenters. The van der Waals surface area contributed by atoms with Crippen molar-refractivity contribution in [3.63, 3.8) is 0 Å². The highest BCUT2D eigenvalue weighted by Gasteiger charge is 2.29. The molecule has 7 heteroatoms. The quantitative estimate of drug-likeness (QED) is 0.649. The highest BCUT2D eigenvalue weighted by Crippen LogP contribution is 2.32. The number of methoxy groups -OCH3 is 1. The number of carbonyl (C=O) groups excluding carboxylic acids is 1. The number of carbonyl (C=O) groups is 1. The van der Waals surface area contributed by atoms with Gasteiger partial charge in [0, 0.05) is 6.54 Å². The number of sulfonamides is 1. The Hall–Kier alpha value is -2.80. The predicted molar refractivity (Wildman–Crippen MR) is 118 cm³/mol. The van der Waals surface area contributed by atoms with Crippen LogP contribution in [0.4, 0.5) is 5.69 Å². The van der Waals surface area contributed by atoms with Crippen LogP contribution in [-0.2, 0) is 14.8 Å². The molecule has 0 saturated heterocycles. The predicted octanol–water partition coefficient (Wildman–Crippen LogP) is 3.82. The van der Waals surface area contributed by atoms with E-state index in [1.165, 1.54) is 19.1 Å². The Morgan fingerprint density at radius 2 is 1.83 bits per heavy atom. The molecule has 6 nitrogen and oxygen atoms in total. The lowest BCUT2D eigenvalue weighted by Crippen LogP contribution is -2.41. The molecule has 0 spiro atoms. The topological polar surface area (TPSA) is 75.7 Å². The molecule has 2 aromatic rings. The van der Waals surface area contributed by atoms with E-state index in [9.17, 15) is 13.2 Å². The molecule has 0 unspecified atom stereocenters. The van der Waals surface area contributed by atoms with Gasteiger partial charge in [0.25, 0.3) is 10.0 Å². The van der Waals surface area contributed by atoms with Crippen molar-refractivity contribution in [3.8, 4) is 5.75 Å². The zero-order valence-corrected chi connectivity index (χ0v) is 18.2. The smallest absolute Gasteiger partial charge is 0.264 e. The van der Waals surface area contributed by atoms with Crippen LogP contribution in [0.25, 0.3) is 0 Å². The van der Waals surface area contributed by atoms with E-state index < -0.39 is 10.0 Å². The molecule has 0 fully saturated rings. The van der Waals surface area contributed by atoms with Gasteiger partial charge in [-0.3, -0.25) is 9.10 Å². The number of ether oxygens (including phenoxy) is 1. The fourth-order valence-corrected chi connectivity index (χ4v) is 4.87. The minimum atomic E-state index is -3.96. The molecule has 0 aliphatic heterocycles. The van der Waals surface area contributed by atoms with Crippen LogP contribution < -0.4 is 14.4 Å². The number of rotatable bonds is 8. The molecular weight excluding hydrogens is 400 g/mol. The van der Waals surface area contributed by atoms with Gasteiger partial charge in [0.1, 0.15) is 12.3 Å². The summed E-state index contributed by atoms with van der Waals surface area (Å²) in [5, 5.41) is 2.87. The number of benzene rings is 2. The van der Waals surface area contributed by atoms with Crippen molar-refractivity contribution in [1.29, 1.82) is 0 Å². The summed E-state index contributed by atoms with van der Waals surface area (Å²) in [6, 6.07) is 13.4. The Morgan fingerprint density at radius 1 is 1.10 bits per heavy atom. The minimum absolute atomic E-state index is 0.127. The second-order valence-corrected chi connectivity index (χ2v) is 9.24. The van der Waals surface area contributed by atoms with Gasteiger partial charge >= 0.3 is 0 Å². The molecule has 0 heterocycles. The highest BCUT2D eigenvalue weighted by molar-refractivity contribution is 7.92. The van der Waals surface area contributed by atoms with E-state index in [4.69, 9.17) is 4.74 Å². The van der Waals surface area contributed by atoms with Gasteiger partial charge < -0.3 is 10.1 Å². The summed E-state index contributed by atoms with van der Waals surface area (Å²) in [6.45, 7) is 2.01. The third kappa shape index (κ3) is 5.21. The largest absolute Gasteiger partial charge is 0.495 e. The van der Waals surface area contributed by atoms with Gasteiger partial charge in [-0.25, -0.2) is 8.42 Å². The molecule has 1 aliphatic rings. The second-order valence-electron chi connectivity index (χ2n) is 7.38. The number of aryl methyl sites for hydroxylation is 1. The first kappa shape index (κ1) is 21.9. The Balaban J connectivity index is 1.88. The van der Waals surface area contributed by atoms with Crippen LogP contribution in [0.15, 0.2) is 65.1 Å². The van der Waals surface area contributed by atoms with Crippen LogP contribution in [0.3, 0.4) is 0 Å². The highest BCUT2D eigenvalue weighted by atomic mass is 32.2. The molecule has 2 aromatic carbocycles. The standard InChI is InChI=1S/C23H28N2O4S/c1-18-12-14-20(15-13-18)30(27,28)25(21-10-6-7-11-22(21)29-2)17-23(26)24-16-19-8-4-3-5-9-19/h6-8,10-15H,3-5,9,16-17H2,1-2H3,(H,24,26). The van der Waals surface area contributed by atoms with E-state index in [-0.39, 0.29) is 17.3 Å². The molecule has 1 amide bonds. The molecule has 1 N–H and O–H groups in total. The summed E-state index contributed by atoms with van der Waals surface area (Å²) in [4.78, 5) is 12.8. The minimum Gasteiger partial charge on any atom is -0.495 e. The average Bonchev–Trinajstić information content (AvgIpc) is 2.77. The zero-order valence-electron chi connectivity index (χ0n) is 17.4. The van der Waals surface area contributed by atoms with Crippen LogP contribution in [0.2, 0.25) is 0 Å². The fraction of sp³-hybridized carbons (Fsp3) is 0.348. The van der Waals surface area contributed by atoms with Crippen molar-refractivity contribution in [2.24, 2.45) is 0 Å². The van der Waals surface area contributed by atoms with Gasteiger partial charge in [-0.1, -0.05) is 41.5 Å². The zero-order chi connectivity index (χ0) is 21.6. The number of hydrogen-bond donors (Lipinski definition) is 1. The van der Waals surface area contributed by atoms with Crippen molar-refractivity contribution in [2.75, 3.05) is 24.5 Å². The third-order valence-electron chi connectivity index (χ3n) is 5.15. The lowest BCUT2D eigenvalue weighted by Gasteiger charge is -2.26. The van der Waals surface area contributed by atoms with E-state index >= 15 is 0 Å².